The van der Waals surface area contributed by atoms with Crippen LogP contribution < -0.4 is 10.1 Å². The second-order valence-corrected chi connectivity index (χ2v) is 6.19. The second-order valence-electron chi connectivity index (χ2n) is 6.19. The van der Waals surface area contributed by atoms with E-state index in [0.29, 0.717) is 29.2 Å². The molecule has 0 bridgehead atoms. The van der Waals surface area contributed by atoms with Gasteiger partial charge in [-0.3, -0.25) is 9.59 Å². The molecule has 26 heavy (non-hydrogen) atoms. The highest BCUT2D eigenvalue weighted by Gasteiger charge is 2.16. The van der Waals surface area contributed by atoms with E-state index in [9.17, 15) is 9.59 Å². The Morgan fingerprint density at radius 3 is 2.46 bits per heavy atom. The van der Waals surface area contributed by atoms with E-state index in [-0.39, 0.29) is 18.4 Å². The second kappa shape index (κ2) is 8.49. The smallest absolute Gasteiger partial charge is 0.307 e. The zero-order valence-electron chi connectivity index (χ0n) is 14.3. The first-order valence-electron chi connectivity index (χ1n) is 8.57. The van der Waals surface area contributed by atoms with E-state index >= 15 is 0 Å². The van der Waals surface area contributed by atoms with Crippen molar-refractivity contribution in [3.05, 3.63) is 59.7 Å². The summed E-state index contributed by atoms with van der Waals surface area (Å²) in [5.74, 6) is -0.416. The number of nitrogens with one attached hydrogen (secondary N) is 1. The quantitative estimate of drug-likeness (QED) is 0.797. The van der Waals surface area contributed by atoms with Crippen LogP contribution in [0, 0.1) is 0 Å². The van der Waals surface area contributed by atoms with Gasteiger partial charge in [-0.2, -0.15) is 0 Å². The van der Waals surface area contributed by atoms with Gasteiger partial charge < -0.3 is 19.9 Å². The van der Waals surface area contributed by atoms with Gasteiger partial charge in [0, 0.05) is 17.9 Å². The average molecular weight is 355 g/mol. The van der Waals surface area contributed by atoms with Gasteiger partial charge >= 0.3 is 5.97 Å². The Kier molecular flexibility index (Phi) is 5.86. The minimum absolute atomic E-state index is 0.0401. The van der Waals surface area contributed by atoms with Crippen LogP contribution in [0.15, 0.2) is 48.5 Å². The van der Waals surface area contributed by atoms with Crippen molar-refractivity contribution in [2.24, 2.45) is 0 Å². The molecule has 1 aliphatic heterocycles. The molecule has 0 radical (unpaired) electrons. The topological polar surface area (TPSA) is 84.9 Å². The van der Waals surface area contributed by atoms with Crippen LogP contribution in [0.5, 0.6) is 5.75 Å². The van der Waals surface area contributed by atoms with Crippen molar-refractivity contribution in [1.82, 2.24) is 0 Å². The van der Waals surface area contributed by atoms with Crippen molar-refractivity contribution < 1.29 is 24.2 Å². The Bertz CT molecular complexity index is 749. The molecule has 0 saturated carbocycles. The molecular formula is C20H21NO5. The van der Waals surface area contributed by atoms with Crippen LogP contribution in [0.3, 0.4) is 0 Å². The van der Waals surface area contributed by atoms with E-state index in [4.69, 9.17) is 14.6 Å². The molecule has 2 aromatic carbocycles. The molecule has 2 aromatic rings. The molecule has 6 heteroatoms. The average Bonchev–Trinajstić information content (AvgIpc) is 3.15. The number of ether oxygens (including phenoxy) is 2. The first kappa shape index (κ1) is 17.9. The van der Waals surface area contributed by atoms with E-state index in [1.807, 2.05) is 0 Å². The number of hydrogen-bond acceptors (Lipinski definition) is 4. The molecule has 2 N–H and O–H groups in total. The lowest BCUT2D eigenvalue weighted by Crippen LogP contribution is -2.16. The van der Waals surface area contributed by atoms with Gasteiger partial charge in [0.15, 0.2) is 0 Å². The molecule has 1 aliphatic rings. The maximum atomic E-state index is 12.3. The van der Waals surface area contributed by atoms with Crippen LogP contribution in [0.1, 0.15) is 28.8 Å². The predicted octanol–water partition coefficient (Wildman–Crippen LogP) is 3.12. The highest BCUT2D eigenvalue weighted by atomic mass is 16.5. The van der Waals surface area contributed by atoms with E-state index in [0.717, 1.165) is 19.4 Å². The van der Waals surface area contributed by atoms with Gasteiger partial charge in [-0.15, -0.1) is 0 Å². The highest BCUT2D eigenvalue weighted by Crippen LogP contribution is 2.18. The van der Waals surface area contributed by atoms with Gasteiger partial charge in [-0.05, 0) is 54.8 Å². The summed E-state index contributed by atoms with van der Waals surface area (Å²) in [5, 5.41) is 11.6. The number of hydrogen-bond donors (Lipinski definition) is 2. The van der Waals surface area contributed by atoms with Gasteiger partial charge in [-0.1, -0.05) is 12.1 Å². The SMILES string of the molecule is O=C(O)Cc1ccc(NC(=O)c2ccc(OCC3CCCO3)cc2)cc1. The zero-order valence-corrected chi connectivity index (χ0v) is 14.3. The van der Waals surface area contributed by atoms with E-state index < -0.39 is 5.97 Å². The van der Waals surface area contributed by atoms with Crippen LogP contribution in [-0.4, -0.2) is 36.3 Å². The first-order chi connectivity index (χ1) is 12.6. The minimum Gasteiger partial charge on any atom is -0.491 e. The molecule has 1 amide bonds. The number of carbonyl (C=O) groups excluding carboxylic acids is 1. The summed E-state index contributed by atoms with van der Waals surface area (Å²) >= 11 is 0. The van der Waals surface area contributed by atoms with Crippen LogP contribution in [0.2, 0.25) is 0 Å². The van der Waals surface area contributed by atoms with Gasteiger partial charge in [0.05, 0.1) is 12.5 Å². The lowest BCUT2D eigenvalue weighted by molar-refractivity contribution is -0.136. The zero-order chi connectivity index (χ0) is 18.4. The number of carboxylic acids is 1. The molecule has 136 valence electrons. The fourth-order valence-electron chi connectivity index (χ4n) is 2.75. The summed E-state index contributed by atoms with van der Waals surface area (Å²) < 4.78 is 11.2. The number of benzene rings is 2. The summed E-state index contributed by atoms with van der Waals surface area (Å²) in [4.78, 5) is 23.0. The molecule has 0 aromatic heterocycles. The lowest BCUT2D eigenvalue weighted by Gasteiger charge is -2.12. The lowest BCUT2D eigenvalue weighted by atomic mass is 10.1. The van der Waals surface area contributed by atoms with Crippen molar-refractivity contribution >= 4 is 17.6 Å². The standard InChI is InChI=1S/C20H21NO5/c22-19(23)12-14-3-7-16(8-4-14)21-20(24)15-5-9-17(10-6-15)26-13-18-2-1-11-25-18/h3-10,18H,1-2,11-13H2,(H,21,24)(H,22,23). The summed E-state index contributed by atoms with van der Waals surface area (Å²) in [6.07, 6.45) is 2.21. The molecule has 0 aliphatic carbocycles. The van der Waals surface area contributed by atoms with Crippen molar-refractivity contribution in [3.63, 3.8) is 0 Å². The van der Waals surface area contributed by atoms with Gasteiger partial charge in [-0.25, -0.2) is 0 Å². The molecule has 6 nitrogen and oxygen atoms in total. The third-order valence-electron chi connectivity index (χ3n) is 4.14. The number of amides is 1. The maximum Gasteiger partial charge on any atom is 0.307 e. The minimum atomic E-state index is -0.886. The highest BCUT2D eigenvalue weighted by molar-refractivity contribution is 6.04. The van der Waals surface area contributed by atoms with Crippen molar-refractivity contribution in [2.45, 2.75) is 25.4 Å². The molecule has 1 fully saturated rings. The Morgan fingerprint density at radius 1 is 1.12 bits per heavy atom. The van der Waals surface area contributed by atoms with E-state index in [2.05, 4.69) is 5.32 Å². The van der Waals surface area contributed by atoms with Gasteiger partial charge in [0.25, 0.3) is 5.91 Å². The predicted molar refractivity (Wildman–Crippen MR) is 96.6 cm³/mol. The first-order valence-corrected chi connectivity index (χ1v) is 8.57. The number of carboxylic acid groups (broad SMARTS) is 1. The Labute approximate surface area is 151 Å². The van der Waals surface area contributed by atoms with Crippen molar-refractivity contribution in [3.8, 4) is 5.75 Å². The third-order valence-corrected chi connectivity index (χ3v) is 4.14. The number of anilines is 1. The maximum absolute atomic E-state index is 12.3. The van der Waals surface area contributed by atoms with Gasteiger partial charge in [0.2, 0.25) is 0 Å². The Hall–Kier alpha value is -2.86. The molecular weight excluding hydrogens is 334 g/mol. The van der Waals surface area contributed by atoms with Crippen LogP contribution >= 0.6 is 0 Å². The summed E-state index contributed by atoms with van der Waals surface area (Å²) in [6, 6.07) is 13.7. The Morgan fingerprint density at radius 2 is 1.85 bits per heavy atom. The normalized spacial score (nSPS) is 16.2. The molecule has 1 saturated heterocycles. The van der Waals surface area contributed by atoms with Crippen molar-refractivity contribution in [2.75, 3.05) is 18.5 Å². The molecule has 1 heterocycles. The van der Waals surface area contributed by atoms with Crippen molar-refractivity contribution in [1.29, 1.82) is 0 Å². The fraction of sp³-hybridized carbons (Fsp3) is 0.300. The molecule has 0 spiro atoms. The molecule has 1 unspecified atom stereocenters. The van der Waals surface area contributed by atoms with E-state index in [1.54, 1.807) is 48.5 Å². The summed E-state index contributed by atoms with van der Waals surface area (Å²) in [5.41, 5.74) is 1.81. The van der Waals surface area contributed by atoms with E-state index in [1.165, 1.54) is 0 Å². The Balaban J connectivity index is 1.53. The number of rotatable bonds is 7. The van der Waals surface area contributed by atoms with Crippen LogP contribution in [0.25, 0.3) is 0 Å². The monoisotopic (exact) mass is 355 g/mol. The number of aliphatic carboxylic acids is 1. The van der Waals surface area contributed by atoms with Crippen LogP contribution in [0.4, 0.5) is 5.69 Å². The summed E-state index contributed by atoms with van der Waals surface area (Å²) in [6.45, 7) is 1.32. The largest absolute Gasteiger partial charge is 0.491 e. The summed E-state index contributed by atoms with van der Waals surface area (Å²) in [7, 11) is 0. The third kappa shape index (κ3) is 5.07. The molecule has 3 rings (SSSR count). The number of carbonyl (C=O) groups is 2. The molecule has 1 atom stereocenters. The van der Waals surface area contributed by atoms with Crippen LogP contribution in [-0.2, 0) is 16.0 Å². The fourth-order valence-corrected chi connectivity index (χ4v) is 2.75. The van der Waals surface area contributed by atoms with Gasteiger partial charge in [0.1, 0.15) is 12.4 Å².